The minimum Gasteiger partial charge on any atom is -0.496 e. The summed E-state index contributed by atoms with van der Waals surface area (Å²) in [5.74, 6) is 1.39. The maximum absolute atomic E-state index is 5.41. The lowest BCUT2D eigenvalue weighted by Gasteiger charge is -2.06. The van der Waals surface area contributed by atoms with Crippen molar-refractivity contribution in [1.82, 2.24) is 10.3 Å². The molecule has 2 rings (SSSR count). The predicted octanol–water partition coefficient (Wildman–Crippen LogP) is 3.59. The lowest BCUT2D eigenvalue weighted by Crippen LogP contribution is -2.06. The van der Waals surface area contributed by atoms with Gasteiger partial charge in [-0.1, -0.05) is 32.0 Å². The van der Waals surface area contributed by atoms with Crippen LogP contribution >= 0.6 is 11.3 Å². The number of thiazole rings is 1. The third-order valence-electron chi connectivity index (χ3n) is 3.19. The van der Waals surface area contributed by atoms with E-state index in [-0.39, 0.29) is 0 Å². The number of aromatic nitrogens is 1. The normalized spacial score (nSPS) is 11.1. The van der Waals surface area contributed by atoms with Crippen LogP contribution < -0.4 is 10.1 Å². The number of benzene rings is 1. The van der Waals surface area contributed by atoms with Crippen LogP contribution in [0.3, 0.4) is 0 Å². The quantitative estimate of drug-likeness (QED) is 0.883. The van der Waals surface area contributed by atoms with Crippen molar-refractivity contribution in [1.29, 1.82) is 0 Å². The topological polar surface area (TPSA) is 34.1 Å². The highest BCUT2D eigenvalue weighted by Crippen LogP contribution is 2.28. The van der Waals surface area contributed by atoms with Crippen LogP contribution in [0.1, 0.15) is 40.9 Å². The van der Waals surface area contributed by atoms with Gasteiger partial charge in [-0.3, -0.25) is 0 Å². The molecule has 0 fully saturated rings. The van der Waals surface area contributed by atoms with E-state index in [0.717, 1.165) is 23.7 Å². The Morgan fingerprint density at radius 1 is 1.30 bits per heavy atom. The second-order valence-electron chi connectivity index (χ2n) is 5.09. The molecule has 0 saturated heterocycles. The van der Waals surface area contributed by atoms with Crippen molar-refractivity contribution in [3.63, 3.8) is 0 Å². The zero-order valence-electron chi connectivity index (χ0n) is 12.6. The number of nitrogens with one attached hydrogen (secondary N) is 1. The number of hydrogen-bond donors (Lipinski definition) is 1. The standard InChI is InChI=1S/C16H22N2OS/c1-11(2)16-14(10-17-3)20-15(18-16)9-12-7-5-6-8-13(12)19-4/h5-8,11,17H,9-10H2,1-4H3. The second-order valence-corrected chi connectivity index (χ2v) is 6.26. The summed E-state index contributed by atoms with van der Waals surface area (Å²) in [6.45, 7) is 5.28. The summed E-state index contributed by atoms with van der Waals surface area (Å²) in [7, 11) is 3.69. The van der Waals surface area contributed by atoms with Crippen molar-refractivity contribution >= 4 is 11.3 Å². The van der Waals surface area contributed by atoms with E-state index >= 15 is 0 Å². The summed E-state index contributed by atoms with van der Waals surface area (Å²) in [4.78, 5) is 6.16. The van der Waals surface area contributed by atoms with Crippen molar-refractivity contribution in [3.05, 3.63) is 45.4 Å². The molecule has 0 unspecified atom stereocenters. The molecule has 0 amide bonds. The van der Waals surface area contributed by atoms with Crippen LogP contribution in [0.25, 0.3) is 0 Å². The van der Waals surface area contributed by atoms with E-state index in [1.165, 1.54) is 16.1 Å². The Kier molecular flexibility index (Phi) is 5.15. The first-order valence-corrected chi connectivity index (χ1v) is 7.72. The van der Waals surface area contributed by atoms with Gasteiger partial charge in [0.05, 0.1) is 17.8 Å². The Labute approximate surface area is 125 Å². The summed E-state index contributed by atoms with van der Waals surface area (Å²) >= 11 is 1.80. The molecular formula is C16H22N2OS. The van der Waals surface area contributed by atoms with E-state index in [1.807, 2.05) is 25.2 Å². The van der Waals surface area contributed by atoms with Crippen LogP contribution in [0, 0.1) is 0 Å². The first kappa shape index (κ1) is 15.0. The molecule has 1 aromatic heterocycles. The molecule has 108 valence electrons. The molecule has 0 aliphatic rings. The van der Waals surface area contributed by atoms with Gasteiger partial charge in [-0.05, 0) is 19.0 Å². The van der Waals surface area contributed by atoms with E-state index in [2.05, 4.69) is 25.2 Å². The van der Waals surface area contributed by atoms with Crippen LogP contribution in [0.2, 0.25) is 0 Å². The number of hydrogen-bond acceptors (Lipinski definition) is 4. The molecule has 4 heteroatoms. The van der Waals surface area contributed by atoms with Crippen LogP contribution in [-0.4, -0.2) is 19.1 Å². The fourth-order valence-electron chi connectivity index (χ4n) is 2.24. The molecule has 0 atom stereocenters. The summed E-state index contributed by atoms with van der Waals surface area (Å²) in [5.41, 5.74) is 2.41. The van der Waals surface area contributed by atoms with Gasteiger partial charge in [-0.2, -0.15) is 0 Å². The Morgan fingerprint density at radius 3 is 2.70 bits per heavy atom. The van der Waals surface area contributed by atoms with Gasteiger partial charge < -0.3 is 10.1 Å². The van der Waals surface area contributed by atoms with E-state index < -0.39 is 0 Å². The van der Waals surface area contributed by atoms with E-state index in [1.54, 1.807) is 18.4 Å². The van der Waals surface area contributed by atoms with Gasteiger partial charge in [-0.15, -0.1) is 11.3 Å². The highest BCUT2D eigenvalue weighted by molar-refractivity contribution is 7.11. The van der Waals surface area contributed by atoms with E-state index in [0.29, 0.717) is 5.92 Å². The molecule has 2 aromatic rings. The molecule has 0 bridgehead atoms. The zero-order chi connectivity index (χ0) is 14.5. The molecule has 0 aliphatic heterocycles. The molecule has 0 aliphatic carbocycles. The summed E-state index contributed by atoms with van der Waals surface area (Å²) < 4.78 is 5.41. The van der Waals surface area contributed by atoms with Crippen molar-refractivity contribution in [2.24, 2.45) is 0 Å². The Morgan fingerprint density at radius 2 is 2.05 bits per heavy atom. The number of para-hydroxylation sites is 1. The third kappa shape index (κ3) is 3.38. The first-order valence-electron chi connectivity index (χ1n) is 6.90. The van der Waals surface area contributed by atoms with Gasteiger partial charge in [0.2, 0.25) is 0 Å². The molecular weight excluding hydrogens is 268 g/mol. The van der Waals surface area contributed by atoms with Crippen LogP contribution in [0.4, 0.5) is 0 Å². The van der Waals surface area contributed by atoms with E-state index in [4.69, 9.17) is 9.72 Å². The van der Waals surface area contributed by atoms with Gasteiger partial charge in [0.1, 0.15) is 5.75 Å². The summed E-state index contributed by atoms with van der Waals surface area (Å²) in [5, 5.41) is 4.38. The van der Waals surface area contributed by atoms with Crippen LogP contribution in [0.15, 0.2) is 24.3 Å². The molecule has 3 nitrogen and oxygen atoms in total. The average Bonchev–Trinajstić information content (AvgIpc) is 2.83. The Hall–Kier alpha value is -1.39. The number of methoxy groups -OCH3 is 1. The van der Waals surface area contributed by atoms with Crippen molar-refractivity contribution in [2.75, 3.05) is 14.2 Å². The fourth-order valence-corrected chi connectivity index (χ4v) is 3.50. The lowest BCUT2D eigenvalue weighted by atomic mass is 10.1. The van der Waals surface area contributed by atoms with Gasteiger partial charge in [0.25, 0.3) is 0 Å². The average molecular weight is 290 g/mol. The van der Waals surface area contributed by atoms with Crippen LogP contribution in [0.5, 0.6) is 5.75 Å². The molecule has 1 aromatic carbocycles. The Bertz CT molecular complexity index is 563. The Balaban J connectivity index is 2.27. The fraction of sp³-hybridized carbons (Fsp3) is 0.438. The van der Waals surface area contributed by atoms with Crippen LogP contribution in [-0.2, 0) is 13.0 Å². The summed E-state index contributed by atoms with van der Waals surface area (Å²) in [6.07, 6.45) is 0.831. The van der Waals surface area contributed by atoms with Crippen molar-refractivity contribution in [3.8, 4) is 5.75 Å². The molecule has 1 N–H and O–H groups in total. The molecule has 0 radical (unpaired) electrons. The smallest absolute Gasteiger partial charge is 0.122 e. The number of ether oxygens (including phenoxy) is 1. The predicted molar refractivity (Wildman–Crippen MR) is 84.8 cm³/mol. The number of nitrogens with zero attached hydrogens (tertiary/aromatic N) is 1. The van der Waals surface area contributed by atoms with E-state index in [9.17, 15) is 0 Å². The highest BCUT2D eigenvalue weighted by Gasteiger charge is 2.14. The minimum atomic E-state index is 0.459. The van der Waals surface area contributed by atoms with Gasteiger partial charge in [-0.25, -0.2) is 4.98 Å². The maximum atomic E-state index is 5.41. The summed E-state index contributed by atoms with van der Waals surface area (Å²) in [6, 6.07) is 8.15. The van der Waals surface area contributed by atoms with Gasteiger partial charge in [0.15, 0.2) is 0 Å². The van der Waals surface area contributed by atoms with Crippen molar-refractivity contribution in [2.45, 2.75) is 32.7 Å². The van der Waals surface area contributed by atoms with Gasteiger partial charge in [0, 0.05) is 23.4 Å². The second kappa shape index (κ2) is 6.86. The SMILES string of the molecule is CNCc1sc(Cc2ccccc2OC)nc1C(C)C. The zero-order valence-corrected chi connectivity index (χ0v) is 13.4. The lowest BCUT2D eigenvalue weighted by molar-refractivity contribution is 0.410. The van der Waals surface area contributed by atoms with Gasteiger partial charge >= 0.3 is 0 Å². The first-order chi connectivity index (χ1) is 9.65. The monoisotopic (exact) mass is 290 g/mol. The minimum absolute atomic E-state index is 0.459. The molecule has 1 heterocycles. The largest absolute Gasteiger partial charge is 0.496 e. The highest BCUT2D eigenvalue weighted by atomic mass is 32.1. The number of rotatable bonds is 6. The van der Waals surface area contributed by atoms with Crippen molar-refractivity contribution < 1.29 is 4.74 Å². The molecule has 0 saturated carbocycles. The molecule has 20 heavy (non-hydrogen) atoms. The molecule has 0 spiro atoms. The maximum Gasteiger partial charge on any atom is 0.122 e. The third-order valence-corrected chi connectivity index (χ3v) is 4.26.